The minimum Gasteiger partial charge on any atom is -0.470 e. The van der Waals surface area contributed by atoms with Crippen molar-refractivity contribution in [1.29, 1.82) is 0 Å². The number of halogens is 1. The first-order valence-corrected chi connectivity index (χ1v) is 9.52. The van der Waals surface area contributed by atoms with E-state index in [-0.39, 0.29) is 41.9 Å². The molecule has 6 atom stereocenters. The largest absolute Gasteiger partial charge is 0.470 e. The molecule has 2 saturated heterocycles. The van der Waals surface area contributed by atoms with Gasteiger partial charge in [-0.2, -0.15) is 0 Å². The lowest BCUT2D eigenvalue weighted by Gasteiger charge is -2.39. The monoisotopic (exact) mass is 378 g/mol. The molecular formula is C19H27FN4O3. The fourth-order valence-electron chi connectivity index (χ4n) is 4.10. The molecule has 3 heterocycles. The van der Waals surface area contributed by atoms with E-state index in [4.69, 9.17) is 9.47 Å². The summed E-state index contributed by atoms with van der Waals surface area (Å²) in [5, 5.41) is 16.0. The zero-order valence-electron chi connectivity index (χ0n) is 15.9. The highest BCUT2D eigenvalue weighted by molar-refractivity contribution is 5.38. The van der Waals surface area contributed by atoms with Crippen molar-refractivity contribution in [3.63, 3.8) is 0 Å². The number of rotatable bonds is 5. The SMILES string of the molecule is C[C@@H]1[C@H]2[C@@H](Oc3ccc4c(c3F)=C[C@H](C)N=4)NCNN2C[C@H]1OC[C@H](C)O. The maximum Gasteiger partial charge on any atom is 0.174 e. The summed E-state index contributed by atoms with van der Waals surface area (Å²) in [6, 6.07) is 3.43. The van der Waals surface area contributed by atoms with Crippen LogP contribution in [0.1, 0.15) is 20.8 Å². The number of aliphatic hydroxyl groups is 1. The molecule has 1 aromatic rings. The molecule has 1 aromatic carbocycles. The first-order chi connectivity index (χ1) is 12.9. The van der Waals surface area contributed by atoms with Crippen molar-refractivity contribution >= 4 is 6.08 Å². The molecule has 0 amide bonds. The summed E-state index contributed by atoms with van der Waals surface area (Å²) in [6.45, 7) is 7.25. The Morgan fingerprint density at radius 1 is 1.41 bits per heavy atom. The van der Waals surface area contributed by atoms with Crippen LogP contribution in [-0.2, 0) is 4.74 Å². The fraction of sp³-hybridized carbons (Fsp3) is 0.632. The van der Waals surface area contributed by atoms with Crippen molar-refractivity contribution in [1.82, 2.24) is 15.8 Å². The first kappa shape index (κ1) is 18.8. The van der Waals surface area contributed by atoms with Crippen molar-refractivity contribution < 1.29 is 19.0 Å². The van der Waals surface area contributed by atoms with Crippen LogP contribution in [0.4, 0.5) is 4.39 Å². The van der Waals surface area contributed by atoms with Crippen LogP contribution in [0.2, 0.25) is 0 Å². The van der Waals surface area contributed by atoms with Crippen LogP contribution < -0.4 is 26.1 Å². The van der Waals surface area contributed by atoms with Gasteiger partial charge in [0.2, 0.25) is 0 Å². The Bertz CT molecular complexity index is 818. The van der Waals surface area contributed by atoms with Gasteiger partial charge in [0, 0.05) is 17.7 Å². The molecule has 0 spiro atoms. The molecule has 0 radical (unpaired) electrons. The first-order valence-electron chi connectivity index (χ1n) is 9.52. The van der Waals surface area contributed by atoms with Crippen LogP contribution in [0.15, 0.2) is 17.1 Å². The van der Waals surface area contributed by atoms with Crippen molar-refractivity contribution in [2.24, 2.45) is 10.9 Å². The Morgan fingerprint density at radius 2 is 2.22 bits per heavy atom. The molecule has 7 nitrogen and oxygen atoms in total. The highest BCUT2D eigenvalue weighted by Crippen LogP contribution is 2.30. The van der Waals surface area contributed by atoms with Gasteiger partial charge < -0.3 is 14.6 Å². The predicted molar refractivity (Wildman–Crippen MR) is 97.7 cm³/mol. The molecule has 148 valence electrons. The van der Waals surface area contributed by atoms with E-state index in [2.05, 4.69) is 27.7 Å². The smallest absolute Gasteiger partial charge is 0.174 e. The molecule has 27 heavy (non-hydrogen) atoms. The predicted octanol–water partition coefficient (Wildman–Crippen LogP) is -0.516. The maximum atomic E-state index is 14.9. The van der Waals surface area contributed by atoms with E-state index in [9.17, 15) is 9.50 Å². The van der Waals surface area contributed by atoms with E-state index in [0.29, 0.717) is 30.4 Å². The second kappa shape index (κ2) is 7.44. The summed E-state index contributed by atoms with van der Waals surface area (Å²) in [5.41, 5.74) is 3.29. The number of hydrazine groups is 1. The van der Waals surface area contributed by atoms with E-state index in [1.165, 1.54) is 0 Å². The van der Waals surface area contributed by atoms with Crippen LogP contribution >= 0.6 is 0 Å². The minimum atomic E-state index is -0.502. The molecule has 0 bridgehead atoms. The fourth-order valence-corrected chi connectivity index (χ4v) is 4.10. The van der Waals surface area contributed by atoms with E-state index in [1.807, 2.05) is 13.0 Å². The third-order valence-corrected chi connectivity index (χ3v) is 5.43. The second-order valence-corrected chi connectivity index (χ2v) is 7.65. The van der Waals surface area contributed by atoms with Gasteiger partial charge in [-0.15, -0.1) is 0 Å². The quantitative estimate of drug-likeness (QED) is 0.640. The number of hydrogen-bond acceptors (Lipinski definition) is 7. The lowest BCUT2D eigenvalue weighted by atomic mass is 9.99. The third kappa shape index (κ3) is 3.60. The zero-order valence-corrected chi connectivity index (χ0v) is 15.9. The van der Waals surface area contributed by atoms with E-state index in [0.717, 1.165) is 0 Å². The normalized spacial score (nSPS) is 33.7. The molecular weight excluding hydrogens is 351 g/mol. The minimum absolute atomic E-state index is 0.0149. The average molecular weight is 378 g/mol. The van der Waals surface area contributed by atoms with Crippen LogP contribution in [0.5, 0.6) is 5.75 Å². The second-order valence-electron chi connectivity index (χ2n) is 7.65. The molecule has 2 fully saturated rings. The van der Waals surface area contributed by atoms with E-state index >= 15 is 0 Å². The molecule has 4 rings (SSSR count). The van der Waals surface area contributed by atoms with Crippen LogP contribution in [-0.4, -0.2) is 60.5 Å². The highest BCUT2D eigenvalue weighted by Gasteiger charge is 2.47. The topological polar surface area (TPSA) is 78.4 Å². The van der Waals surface area contributed by atoms with Gasteiger partial charge in [-0.25, -0.2) is 14.8 Å². The summed E-state index contributed by atoms with van der Waals surface area (Å²) in [6.07, 6.45) is 0.917. The van der Waals surface area contributed by atoms with Gasteiger partial charge in [-0.05, 0) is 32.1 Å². The van der Waals surface area contributed by atoms with Crippen LogP contribution in [0.25, 0.3) is 6.08 Å². The molecule has 3 aliphatic rings. The summed E-state index contributed by atoms with van der Waals surface area (Å²) >= 11 is 0. The van der Waals surface area contributed by atoms with Crippen molar-refractivity contribution in [2.75, 3.05) is 19.8 Å². The van der Waals surface area contributed by atoms with Crippen molar-refractivity contribution in [3.8, 4) is 5.75 Å². The van der Waals surface area contributed by atoms with Gasteiger partial charge in [0.25, 0.3) is 0 Å². The Balaban J connectivity index is 1.53. The maximum absolute atomic E-state index is 14.9. The molecule has 3 aliphatic heterocycles. The number of nitrogens with zero attached hydrogens (tertiary/aromatic N) is 2. The van der Waals surface area contributed by atoms with E-state index < -0.39 is 6.10 Å². The Kier molecular flexibility index (Phi) is 5.17. The van der Waals surface area contributed by atoms with Crippen molar-refractivity contribution in [2.45, 2.75) is 51.3 Å². The average Bonchev–Trinajstić information content (AvgIpc) is 3.16. The number of fused-ring (bicyclic) bond motifs is 2. The number of ether oxygens (including phenoxy) is 2. The van der Waals surface area contributed by atoms with Gasteiger partial charge in [-0.3, -0.25) is 10.3 Å². The number of benzene rings is 1. The molecule has 8 heteroatoms. The summed E-state index contributed by atoms with van der Waals surface area (Å²) in [5.74, 6) is 0.0161. The number of aliphatic hydroxyl groups excluding tert-OH is 1. The standard InChI is InChI=1S/C19H27FN4O3/c1-10-6-13-14(23-10)4-5-15(17(13)20)27-19-18-12(3)16(26-8-11(2)25)7-24(18)22-9-21-19/h4-6,10-12,16,18-19,21-22,25H,7-9H2,1-3H3/t10-,11-,12-,16+,18-,19+/m0/s1. The van der Waals surface area contributed by atoms with Crippen molar-refractivity contribution in [3.05, 3.63) is 28.5 Å². The molecule has 0 aromatic heterocycles. The van der Waals surface area contributed by atoms with Gasteiger partial charge in [0.15, 0.2) is 17.8 Å². The van der Waals surface area contributed by atoms with E-state index in [1.54, 1.807) is 19.1 Å². The number of nitrogens with one attached hydrogen (secondary N) is 2. The summed E-state index contributed by atoms with van der Waals surface area (Å²) < 4.78 is 26.8. The Morgan fingerprint density at radius 3 is 3.00 bits per heavy atom. The Hall–Kier alpha value is -1.58. The van der Waals surface area contributed by atoms with Gasteiger partial charge in [0.1, 0.15) is 0 Å². The molecule has 0 unspecified atom stereocenters. The molecule has 0 saturated carbocycles. The summed E-state index contributed by atoms with van der Waals surface area (Å²) in [7, 11) is 0. The van der Waals surface area contributed by atoms with Crippen LogP contribution in [0, 0.1) is 11.7 Å². The third-order valence-electron chi connectivity index (χ3n) is 5.43. The van der Waals surface area contributed by atoms with Gasteiger partial charge in [-0.1, -0.05) is 6.92 Å². The zero-order chi connectivity index (χ0) is 19.1. The molecule has 3 N–H and O–H groups in total. The highest BCUT2D eigenvalue weighted by atomic mass is 19.1. The number of hydrogen-bond donors (Lipinski definition) is 3. The van der Waals surface area contributed by atoms with Crippen LogP contribution in [0.3, 0.4) is 0 Å². The summed E-state index contributed by atoms with van der Waals surface area (Å²) in [4.78, 5) is 4.39. The molecule has 0 aliphatic carbocycles. The lowest BCUT2D eigenvalue weighted by Crippen LogP contribution is -2.64. The van der Waals surface area contributed by atoms with Gasteiger partial charge >= 0.3 is 0 Å². The lowest BCUT2D eigenvalue weighted by molar-refractivity contribution is -0.0233. The Labute approximate surface area is 157 Å². The van der Waals surface area contributed by atoms with Gasteiger partial charge in [0.05, 0.1) is 42.9 Å².